The number of hydrogen-bond donors (Lipinski definition) is 1. The van der Waals surface area contributed by atoms with E-state index in [2.05, 4.69) is 10.00 Å². The molecule has 9 nitrogen and oxygen atoms in total. The maximum Gasteiger partial charge on any atom is 0.312 e. The fraction of sp³-hybridized carbons (Fsp3) is 0.412. The highest BCUT2D eigenvalue weighted by molar-refractivity contribution is 5.76. The molecule has 1 amide bonds. The molecule has 0 spiro atoms. The SMILES string of the molecule is Cc1nn(CC(=O)N2CCN(c3ccc(O)cc3)CC2)c(C)c1[N+](=O)[O-]. The number of carbonyl (C=O) groups excluding carboxylic acids is 1. The Morgan fingerprint density at radius 3 is 2.35 bits per heavy atom. The number of phenols is 1. The van der Waals surface area contributed by atoms with E-state index < -0.39 is 4.92 Å². The molecule has 0 radical (unpaired) electrons. The van der Waals surface area contributed by atoms with Crippen molar-refractivity contribution in [3.05, 3.63) is 45.8 Å². The molecular weight excluding hydrogens is 338 g/mol. The summed E-state index contributed by atoms with van der Waals surface area (Å²) < 4.78 is 1.40. The van der Waals surface area contributed by atoms with E-state index in [9.17, 15) is 20.0 Å². The summed E-state index contributed by atoms with van der Waals surface area (Å²) >= 11 is 0. The van der Waals surface area contributed by atoms with Crippen LogP contribution >= 0.6 is 0 Å². The third-order valence-corrected chi connectivity index (χ3v) is 4.66. The first-order valence-corrected chi connectivity index (χ1v) is 8.37. The van der Waals surface area contributed by atoms with Gasteiger partial charge in [0.25, 0.3) is 0 Å². The van der Waals surface area contributed by atoms with Gasteiger partial charge in [-0.05, 0) is 38.1 Å². The lowest BCUT2D eigenvalue weighted by Crippen LogP contribution is -2.49. The van der Waals surface area contributed by atoms with Gasteiger partial charge in [-0.25, -0.2) is 0 Å². The summed E-state index contributed by atoms with van der Waals surface area (Å²) in [6.45, 7) is 5.69. The molecule has 1 aliphatic heterocycles. The smallest absolute Gasteiger partial charge is 0.312 e. The van der Waals surface area contributed by atoms with Crippen LogP contribution in [0, 0.1) is 24.0 Å². The van der Waals surface area contributed by atoms with E-state index in [1.165, 1.54) is 4.68 Å². The highest BCUT2D eigenvalue weighted by atomic mass is 16.6. The number of hydrogen-bond acceptors (Lipinski definition) is 6. The largest absolute Gasteiger partial charge is 0.508 e. The van der Waals surface area contributed by atoms with Crippen LogP contribution in [0.15, 0.2) is 24.3 Å². The second-order valence-electron chi connectivity index (χ2n) is 6.32. The van der Waals surface area contributed by atoms with E-state index in [1.54, 1.807) is 30.9 Å². The van der Waals surface area contributed by atoms with Crippen molar-refractivity contribution in [1.82, 2.24) is 14.7 Å². The predicted octanol–water partition coefficient (Wildman–Crippen LogP) is 1.46. The molecule has 0 aliphatic carbocycles. The van der Waals surface area contributed by atoms with Crippen LogP contribution in [0.2, 0.25) is 0 Å². The molecule has 0 bridgehead atoms. The van der Waals surface area contributed by atoms with E-state index in [-0.39, 0.29) is 23.9 Å². The number of aromatic nitrogens is 2. The molecule has 1 fully saturated rings. The van der Waals surface area contributed by atoms with Crippen LogP contribution in [0.3, 0.4) is 0 Å². The first kappa shape index (κ1) is 17.7. The third kappa shape index (κ3) is 3.46. The molecule has 1 aromatic heterocycles. The molecule has 9 heteroatoms. The van der Waals surface area contributed by atoms with Gasteiger partial charge in [0.15, 0.2) is 0 Å². The van der Waals surface area contributed by atoms with Gasteiger partial charge in [0.2, 0.25) is 5.91 Å². The monoisotopic (exact) mass is 359 g/mol. The minimum absolute atomic E-state index is 0.000275. The number of benzene rings is 1. The molecule has 26 heavy (non-hydrogen) atoms. The van der Waals surface area contributed by atoms with E-state index >= 15 is 0 Å². The summed E-state index contributed by atoms with van der Waals surface area (Å²) in [5, 5.41) is 24.6. The van der Waals surface area contributed by atoms with Crippen molar-refractivity contribution in [3.8, 4) is 5.75 Å². The average Bonchev–Trinajstić information content (AvgIpc) is 2.89. The van der Waals surface area contributed by atoms with Crippen molar-refractivity contribution in [3.63, 3.8) is 0 Å². The first-order chi connectivity index (χ1) is 12.4. The molecule has 1 aliphatic rings. The summed E-state index contributed by atoms with van der Waals surface area (Å²) in [4.78, 5) is 27.0. The fourth-order valence-corrected chi connectivity index (χ4v) is 3.21. The standard InChI is InChI=1S/C17H21N5O4/c1-12-17(22(25)26)13(2)21(18-12)11-16(24)20-9-7-19(8-10-20)14-3-5-15(23)6-4-14/h3-6,23H,7-11H2,1-2H3. The Hall–Kier alpha value is -3.10. The number of aryl methyl sites for hydroxylation is 1. The lowest BCUT2D eigenvalue weighted by molar-refractivity contribution is -0.386. The minimum Gasteiger partial charge on any atom is -0.508 e. The second kappa shape index (κ2) is 7.03. The molecule has 0 atom stereocenters. The quantitative estimate of drug-likeness (QED) is 0.655. The number of nitro groups is 1. The highest BCUT2D eigenvalue weighted by Crippen LogP contribution is 2.22. The zero-order chi connectivity index (χ0) is 18.8. The fourth-order valence-electron chi connectivity index (χ4n) is 3.21. The molecule has 2 heterocycles. The number of nitrogens with zero attached hydrogens (tertiary/aromatic N) is 5. The number of phenolic OH excluding ortho intramolecular Hbond substituents is 1. The number of rotatable bonds is 4. The normalized spacial score (nSPS) is 14.5. The zero-order valence-corrected chi connectivity index (χ0v) is 14.8. The van der Waals surface area contributed by atoms with Gasteiger partial charge in [-0.15, -0.1) is 0 Å². The number of anilines is 1. The summed E-state index contributed by atoms with van der Waals surface area (Å²) in [5.41, 5.74) is 1.68. The van der Waals surface area contributed by atoms with Gasteiger partial charge in [-0.2, -0.15) is 5.10 Å². The molecule has 1 N–H and O–H groups in total. The lowest BCUT2D eigenvalue weighted by atomic mass is 10.2. The molecule has 0 saturated carbocycles. The van der Waals surface area contributed by atoms with Gasteiger partial charge in [0.1, 0.15) is 23.7 Å². The molecule has 3 rings (SSSR count). The van der Waals surface area contributed by atoms with E-state index in [1.807, 2.05) is 12.1 Å². The van der Waals surface area contributed by atoms with E-state index in [0.717, 1.165) is 5.69 Å². The Morgan fingerprint density at radius 2 is 1.81 bits per heavy atom. The van der Waals surface area contributed by atoms with E-state index in [0.29, 0.717) is 37.6 Å². The Labute approximate surface area is 150 Å². The van der Waals surface area contributed by atoms with Gasteiger partial charge >= 0.3 is 5.69 Å². The van der Waals surface area contributed by atoms with Gasteiger partial charge < -0.3 is 14.9 Å². The van der Waals surface area contributed by atoms with Crippen LogP contribution in [-0.4, -0.2) is 56.8 Å². The molecule has 1 aromatic carbocycles. The molecule has 2 aromatic rings. The van der Waals surface area contributed by atoms with Crippen LogP contribution < -0.4 is 4.90 Å². The summed E-state index contributed by atoms with van der Waals surface area (Å²) in [6, 6.07) is 6.98. The van der Waals surface area contributed by atoms with Gasteiger partial charge in [0.05, 0.1) is 4.92 Å². The van der Waals surface area contributed by atoms with Crippen LogP contribution in [0.4, 0.5) is 11.4 Å². The van der Waals surface area contributed by atoms with Crippen molar-refractivity contribution in [1.29, 1.82) is 0 Å². The molecule has 138 valence electrons. The maximum atomic E-state index is 12.5. The van der Waals surface area contributed by atoms with Gasteiger partial charge in [-0.1, -0.05) is 0 Å². The van der Waals surface area contributed by atoms with Gasteiger partial charge in [0, 0.05) is 31.9 Å². The van der Waals surface area contributed by atoms with Crippen molar-refractivity contribution in [2.45, 2.75) is 20.4 Å². The zero-order valence-electron chi connectivity index (χ0n) is 14.8. The number of carbonyl (C=O) groups is 1. The third-order valence-electron chi connectivity index (χ3n) is 4.66. The molecule has 0 unspecified atom stereocenters. The van der Waals surface area contributed by atoms with Crippen LogP contribution in [-0.2, 0) is 11.3 Å². The second-order valence-corrected chi connectivity index (χ2v) is 6.32. The lowest BCUT2D eigenvalue weighted by Gasteiger charge is -2.36. The van der Waals surface area contributed by atoms with E-state index in [4.69, 9.17) is 0 Å². The van der Waals surface area contributed by atoms with Crippen molar-refractivity contribution >= 4 is 17.3 Å². The summed E-state index contributed by atoms with van der Waals surface area (Å²) in [7, 11) is 0. The number of amides is 1. The minimum atomic E-state index is -0.463. The number of piperazine rings is 1. The molecular formula is C17H21N5O4. The van der Waals surface area contributed by atoms with Crippen molar-refractivity contribution < 1.29 is 14.8 Å². The summed E-state index contributed by atoms with van der Waals surface area (Å²) in [5.74, 6) is 0.123. The average molecular weight is 359 g/mol. The first-order valence-electron chi connectivity index (χ1n) is 8.37. The van der Waals surface area contributed by atoms with Gasteiger partial charge in [-0.3, -0.25) is 19.6 Å². The molecule has 1 saturated heterocycles. The Morgan fingerprint density at radius 1 is 1.19 bits per heavy atom. The van der Waals surface area contributed by atoms with Crippen molar-refractivity contribution in [2.75, 3.05) is 31.1 Å². The highest BCUT2D eigenvalue weighted by Gasteiger charge is 2.26. The van der Waals surface area contributed by atoms with Crippen LogP contribution in [0.25, 0.3) is 0 Å². The van der Waals surface area contributed by atoms with Crippen LogP contribution in [0.1, 0.15) is 11.4 Å². The summed E-state index contributed by atoms with van der Waals surface area (Å²) in [6.07, 6.45) is 0. The Bertz CT molecular complexity index is 822. The Kier molecular flexibility index (Phi) is 4.79. The van der Waals surface area contributed by atoms with Crippen LogP contribution in [0.5, 0.6) is 5.75 Å². The van der Waals surface area contributed by atoms with Crippen molar-refractivity contribution in [2.24, 2.45) is 0 Å². The predicted molar refractivity (Wildman–Crippen MR) is 95.3 cm³/mol. The number of aromatic hydroxyl groups is 1. The Balaban J connectivity index is 1.61. The maximum absolute atomic E-state index is 12.5. The topological polar surface area (TPSA) is 105 Å².